The molecule has 0 saturated carbocycles. The van der Waals surface area contributed by atoms with Crippen molar-refractivity contribution in [1.29, 1.82) is 0 Å². The summed E-state index contributed by atoms with van der Waals surface area (Å²) < 4.78 is 0. The highest BCUT2D eigenvalue weighted by molar-refractivity contribution is 5.29. The first-order valence-corrected chi connectivity index (χ1v) is 5.75. The van der Waals surface area contributed by atoms with Gasteiger partial charge in [0.25, 0.3) is 0 Å². The Balaban J connectivity index is 2.81. The Hall–Kier alpha value is -0.820. The van der Waals surface area contributed by atoms with Crippen molar-refractivity contribution in [2.24, 2.45) is 5.73 Å². The average Bonchev–Trinajstić information content (AvgIpc) is 2.17. The zero-order chi connectivity index (χ0) is 11.5. The van der Waals surface area contributed by atoms with Crippen LogP contribution in [0, 0.1) is 0 Å². The fourth-order valence-electron chi connectivity index (χ4n) is 1.73. The summed E-state index contributed by atoms with van der Waals surface area (Å²) in [6.07, 6.45) is 1.06. The molecule has 1 aromatic rings. The van der Waals surface area contributed by atoms with Gasteiger partial charge in [-0.1, -0.05) is 52.0 Å². The Kier molecular flexibility index (Phi) is 3.92. The maximum atomic E-state index is 5.57. The average molecular weight is 205 g/mol. The molecule has 0 spiro atoms. The van der Waals surface area contributed by atoms with Gasteiger partial charge in [-0.05, 0) is 35.4 Å². The number of benzene rings is 1. The van der Waals surface area contributed by atoms with Crippen LogP contribution in [0.5, 0.6) is 0 Å². The molecule has 0 aliphatic heterocycles. The fourth-order valence-corrected chi connectivity index (χ4v) is 1.73. The van der Waals surface area contributed by atoms with E-state index in [4.69, 9.17) is 5.73 Å². The molecule has 0 aromatic heterocycles. The van der Waals surface area contributed by atoms with Crippen molar-refractivity contribution in [3.63, 3.8) is 0 Å². The lowest BCUT2D eigenvalue weighted by Crippen LogP contribution is -2.11. The molecule has 1 heteroatoms. The SMILES string of the molecule is CC(CCN)c1ccc(C(C)(C)C)cc1. The van der Waals surface area contributed by atoms with Crippen LogP contribution >= 0.6 is 0 Å². The summed E-state index contributed by atoms with van der Waals surface area (Å²) in [5.74, 6) is 0.573. The van der Waals surface area contributed by atoms with Crippen molar-refractivity contribution in [1.82, 2.24) is 0 Å². The smallest absolute Gasteiger partial charge is 0.00715 e. The third-order valence-corrected chi connectivity index (χ3v) is 2.95. The summed E-state index contributed by atoms with van der Waals surface area (Å²) >= 11 is 0. The van der Waals surface area contributed by atoms with Gasteiger partial charge in [-0.3, -0.25) is 0 Å². The monoisotopic (exact) mass is 205 g/mol. The van der Waals surface area contributed by atoms with Crippen LogP contribution < -0.4 is 5.73 Å². The zero-order valence-electron chi connectivity index (χ0n) is 10.4. The van der Waals surface area contributed by atoms with Crippen LogP contribution in [0.4, 0.5) is 0 Å². The Bertz CT molecular complexity index is 292. The van der Waals surface area contributed by atoms with E-state index in [9.17, 15) is 0 Å². The Morgan fingerprint density at radius 1 is 1.13 bits per heavy atom. The van der Waals surface area contributed by atoms with Gasteiger partial charge in [0.2, 0.25) is 0 Å². The molecule has 1 unspecified atom stereocenters. The van der Waals surface area contributed by atoms with Crippen molar-refractivity contribution in [2.75, 3.05) is 6.54 Å². The molecule has 0 aliphatic carbocycles. The van der Waals surface area contributed by atoms with E-state index in [1.165, 1.54) is 11.1 Å². The lowest BCUT2D eigenvalue weighted by atomic mass is 9.85. The van der Waals surface area contributed by atoms with Crippen LogP contribution in [-0.2, 0) is 5.41 Å². The van der Waals surface area contributed by atoms with Gasteiger partial charge in [0.1, 0.15) is 0 Å². The van der Waals surface area contributed by atoms with E-state index in [0.717, 1.165) is 13.0 Å². The van der Waals surface area contributed by atoms with E-state index in [1.807, 2.05) is 0 Å². The summed E-state index contributed by atoms with van der Waals surface area (Å²) in [7, 11) is 0. The van der Waals surface area contributed by atoms with Gasteiger partial charge in [-0.2, -0.15) is 0 Å². The highest BCUT2D eigenvalue weighted by atomic mass is 14.5. The summed E-state index contributed by atoms with van der Waals surface area (Å²) in [5, 5.41) is 0. The molecule has 1 rings (SSSR count). The number of rotatable bonds is 3. The van der Waals surface area contributed by atoms with Gasteiger partial charge in [0.05, 0.1) is 0 Å². The normalized spacial score (nSPS) is 13.9. The van der Waals surface area contributed by atoms with Gasteiger partial charge in [0.15, 0.2) is 0 Å². The largest absolute Gasteiger partial charge is 0.330 e. The van der Waals surface area contributed by atoms with Crippen LogP contribution in [0.3, 0.4) is 0 Å². The molecule has 1 atom stereocenters. The fraction of sp³-hybridized carbons (Fsp3) is 0.571. The molecular weight excluding hydrogens is 182 g/mol. The summed E-state index contributed by atoms with van der Waals surface area (Å²) in [4.78, 5) is 0. The predicted octanol–water partition coefficient (Wildman–Crippen LogP) is 3.44. The summed E-state index contributed by atoms with van der Waals surface area (Å²) in [6.45, 7) is 9.73. The van der Waals surface area contributed by atoms with Gasteiger partial charge in [-0.25, -0.2) is 0 Å². The van der Waals surface area contributed by atoms with E-state index in [1.54, 1.807) is 0 Å². The van der Waals surface area contributed by atoms with E-state index < -0.39 is 0 Å². The summed E-state index contributed by atoms with van der Waals surface area (Å²) in [5.41, 5.74) is 8.60. The maximum Gasteiger partial charge on any atom is -0.00715 e. The molecule has 0 aliphatic rings. The third-order valence-electron chi connectivity index (χ3n) is 2.95. The first-order chi connectivity index (χ1) is 6.95. The number of hydrogen-bond acceptors (Lipinski definition) is 1. The Labute approximate surface area is 93.7 Å². The lowest BCUT2D eigenvalue weighted by molar-refractivity contribution is 0.589. The predicted molar refractivity (Wildman–Crippen MR) is 67.2 cm³/mol. The highest BCUT2D eigenvalue weighted by Gasteiger charge is 2.13. The van der Waals surface area contributed by atoms with Crippen LogP contribution in [0.1, 0.15) is 51.2 Å². The minimum atomic E-state index is 0.246. The zero-order valence-corrected chi connectivity index (χ0v) is 10.4. The molecule has 1 aromatic carbocycles. The topological polar surface area (TPSA) is 26.0 Å². The second kappa shape index (κ2) is 4.80. The third kappa shape index (κ3) is 3.35. The second-order valence-electron chi connectivity index (χ2n) is 5.35. The van der Waals surface area contributed by atoms with Crippen LogP contribution in [0.25, 0.3) is 0 Å². The van der Waals surface area contributed by atoms with Crippen LogP contribution in [-0.4, -0.2) is 6.54 Å². The first kappa shape index (κ1) is 12.3. The van der Waals surface area contributed by atoms with Gasteiger partial charge >= 0.3 is 0 Å². The van der Waals surface area contributed by atoms with E-state index in [2.05, 4.69) is 52.0 Å². The minimum absolute atomic E-state index is 0.246. The molecule has 15 heavy (non-hydrogen) atoms. The van der Waals surface area contributed by atoms with Crippen molar-refractivity contribution in [3.05, 3.63) is 35.4 Å². The molecule has 84 valence electrons. The first-order valence-electron chi connectivity index (χ1n) is 5.75. The molecule has 0 bridgehead atoms. The van der Waals surface area contributed by atoms with Crippen LogP contribution in [0.2, 0.25) is 0 Å². The van der Waals surface area contributed by atoms with Gasteiger partial charge in [-0.15, -0.1) is 0 Å². The van der Waals surface area contributed by atoms with Crippen molar-refractivity contribution < 1.29 is 0 Å². The van der Waals surface area contributed by atoms with Crippen molar-refractivity contribution >= 4 is 0 Å². The molecule has 0 fully saturated rings. The number of nitrogens with two attached hydrogens (primary N) is 1. The number of hydrogen-bond donors (Lipinski definition) is 1. The van der Waals surface area contributed by atoms with Gasteiger partial charge < -0.3 is 5.73 Å². The van der Waals surface area contributed by atoms with E-state index in [0.29, 0.717) is 5.92 Å². The second-order valence-corrected chi connectivity index (χ2v) is 5.35. The molecule has 2 N–H and O–H groups in total. The van der Waals surface area contributed by atoms with E-state index >= 15 is 0 Å². The minimum Gasteiger partial charge on any atom is -0.330 e. The van der Waals surface area contributed by atoms with Gasteiger partial charge in [0, 0.05) is 0 Å². The molecular formula is C14H23N. The van der Waals surface area contributed by atoms with Crippen LogP contribution in [0.15, 0.2) is 24.3 Å². The quantitative estimate of drug-likeness (QED) is 0.803. The molecule has 0 saturated heterocycles. The summed E-state index contributed by atoms with van der Waals surface area (Å²) in [6, 6.07) is 8.95. The molecule has 1 nitrogen and oxygen atoms in total. The Morgan fingerprint density at radius 2 is 1.67 bits per heavy atom. The maximum absolute atomic E-state index is 5.57. The molecule has 0 radical (unpaired) electrons. The standard InChI is InChI=1S/C14H23N/c1-11(9-10-15)12-5-7-13(8-6-12)14(2,3)4/h5-8,11H,9-10,15H2,1-4H3. The molecule has 0 amide bonds. The molecule has 0 heterocycles. The van der Waals surface area contributed by atoms with Crippen molar-refractivity contribution in [2.45, 2.75) is 45.4 Å². The van der Waals surface area contributed by atoms with Crippen molar-refractivity contribution in [3.8, 4) is 0 Å². The Morgan fingerprint density at radius 3 is 2.07 bits per heavy atom. The highest BCUT2D eigenvalue weighted by Crippen LogP contribution is 2.25. The lowest BCUT2D eigenvalue weighted by Gasteiger charge is -2.20. The van der Waals surface area contributed by atoms with E-state index in [-0.39, 0.29) is 5.41 Å².